The summed E-state index contributed by atoms with van der Waals surface area (Å²) in [5, 5.41) is 2.99. The number of rotatable bonds is 3. The number of piperazine rings is 1. The van der Waals surface area contributed by atoms with Gasteiger partial charge >= 0.3 is 0 Å². The highest BCUT2D eigenvalue weighted by Crippen LogP contribution is 2.23. The minimum atomic E-state index is 0.604. The highest BCUT2D eigenvalue weighted by molar-refractivity contribution is 7.16. The van der Waals surface area contributed by atoms with Crippen LogP contribution in [-0.2, 0) is 6.54 Å². The Kier molecular flexibility index (Phi) is 3.87. The molecule has 3 rings (SSSR count). The van der Waals surface area contributed by atoms with E-state index < -0.39 is 0 Å². The van der Waals surface area contributed by atoms with Crippen molar-refractivity contribution in [1.82, 2.24) is 19.8 Å². The molecule has 1 atom stereocenters. The van der Waals surface area contributed by atoms with Gasteiger partial charge in [0.15, 0.2) is 0 Å². The summed E-state index contributed by atoms with van der Waals surface area (Å²) in [6.07, 6.45) is 1.18. The van der Waals surface area contributed by atoms with Crippen LogP contribution < -0.4 is 5.73 Å². The van der Waals surface area contributed by atoms with Gasteiger partial charge in [0.2, 0.25) is 0 Å². The van der Waals surface area contributed by atoms with Gasteiger partial charge in [0, 0.05) is 25.7 Å². The third kappa shape index (κ3) is 2.63. The molecule has 0 aliphatic carbocycles. The lowest BCUT2D eigenvalue weighted by Gasteiger charge is -2.38. The SMILES string of the molecule is CCC1CN(Cc2nc(N)c3ccsc3n2)CCN1C. The highest BCUT2D eigenvalue weighted by Gasteiger charge is 2.23. The van der Waals surface area contributed by atoms with Crippen LogP contribution in [0.2, 0.25) is 0 Å². The van der Waals surface area contributed by atoms with Crippen LogP contribution in [0, 0.1) is 0 Å². The average Bonchev–Trinajstić information content (AvgIpc) is 2.90. The standard InChI is InChI=1S/C14H21N5S/c1-3-10-8-19(6-5-18(10)2)9-12-16-13(15)11-4-7-20-14(11)17-12/h4,7,10H,3,5-6,8-9H2,1-2H3,(H2,15,16,17). The van der Waals surface area contributed by atoms with E-state index in [4.69, 9.17) is 5.73 Å². The first kappa shape index (κ1) is 13.7. The van der Waals surface area contributed by atoms with E-state index in [1.807, 2.05) is 11.4 Å². The Bertz CT molecular complexity index is 596. The lowest BCUT2D eigenvalue weighted by atomic mass is 10.1. The molecule has 2 aromatic rings. The van der Waals surface area contributed by atoms with Crippen molar-refractivity contribution in [3.8, 4) is 0 Å². The van der Waals surface area contributed by atoms with Gasteiger partial charge < -0.3 is 10.6 Å². The zero-order chi connectivity index (χ0) is 14.1. The number of thiophene rings is 1. The van der Waals surface area contributed by atoms with Crippen LogP contribution in [0.25, 0.3) is 10.2 Å². The Morgan fingerprint density at radius 2 is 2.25 bits per heavy atom. The molecule has 1 saturated heterocycles. The summed E-state index contributed by atoms with van der Waals surface area (Å²) in [4.78, 5) is 15.0. The van der Waals surface area contributed by atoms with E-state index in [9.17, 15) is 0 Å². The molecule has 3 heterocycles. The number of likely N-dealkylation sites (N-methyl/N-ethyl adjacent to an activating group) is 1. The molecule has 2 aromatic heterocycles. The maximum atomic E-state index is 6.01. The molecule has 5 nitrogen and oxygen atoms in total. The smallest absolute Gasteiger partial charge is 0.146 e. The molecule has 108 valence electrons. The zero-order valence-electron chi connectivity index (χ0n) is 12.0. The van der Waals surface area contributed by atoms with Crippen molar-refractivity contribution in [2.75, 3.05) is 32.4 Å². The van der Waals surface area contributed by atoms with Crippen molar-refractivity contribution >= 4 is 27.4 Å². The van der Waals surface area contributed by atoms with E-state index in [-0.39, 0.29) is 0 Å². The van der Waals surface area contributed by atoms with Gasteiger partial charge in [-0.05, 0) is 24.9 Å². The molecule has 1 aliphatic rings. The van der Waals surface area contributed by atoms with Crippen molar-refractivity contribution < 1.29 is 0 Å². The van der Waals surface area contributed by atoms with E-state index >= 15 is 0 Å². The number of anilines is 1. The quantitative estimate of drug-likeness (QED) is 0.934. The fraction of sp³-hybridized carbons (Fsp3) is 0.571. The molecule has 1 aliphatic heterocycles. The minimum absolute atomic E-state index is 0.604. The van der Waals surface area contributed by atoms with Crippen LogP contribution >= 0.6 is 11.3 Å². The number of nitrogen functional groups attached to an aromatic ring is 1. The minimum Gasteiger partial charge on any atom is -0.383 e. The molecule has 0 amide bonds. The van der Waals surface area contributed by atoms with E-state index in [0.717, 1.165) is 42.2 Å². The maximum absolute atomic E-state index is 6.01. The van der Waals surface area contributed by atoms with E-state index in [2.05, 4.69) is 33.7 Å². The van der Waals surface area contributed by atoms with Crippen LogP contribution in [0.15, 0.2) is 11.4 Å². The van der Waals surface area contributed by atoms with Crippen molar-refractivity contribution in [3.05, 3.63) is 17.3 Å². The predicted molar refractivity (Wildman–Crippen MR) is 83.8 cm³/mol. The normalized spacial score (nSPS) is 21.6. The Hall–Kier alpha value is -1.24. The molecule has 1 fully saturated rings. The van der Waals surface area contributed by atoms with Gasteiger partial charge in [0.1, 0.15) is 16.5 Å². The second-order valence-electron chi connectivity index (χ2n) is 5.44. The lowest BCUT2D eigenvalue weighted by molar-refractivity contribution is 0.0867. The number of nitrogens with zero attached hydrogens (tertiary/aromatic N) is 4. The number of nitrogens with two attached hydrogens (primary N) is 1. The van der Waals surface area contributed by atoms with Gasteiger partial charge in [-0.15, -0.1) is 11.3 Å². The molecular weight excluding hydrogens is 270 g/mol. The second-order valence-corrected chi connectivity index (χ2v) is 6.34. The molecule has 0 spiro atoms. The van der Waals surface area contributed by atoms with Crippen molar-refractivity contribution in [3.63, 3.8) is 0 Å². The third-order valence-corrected chi connectivity index (χ3v) is 4.90. The van der Waals surface area contributed by atoms with Crippen LogP contribution in [-0.4, -0.2) is 52.5 Å². The van der Waals surface area contributed by atoms with Crippen LogP contribution in [0.3, 0.4) is 0 Å². The fourth-order valence-corrected chi connectivity index (χ4v) is 3.58. The Morgan fingerprint density at radius 1 is 1.40 bits per heavy atom. The van der Waals surface area contributed by atoms with Crippen LogP contribution in [0.1, 0.15) is 19.2 Å². The van der Waals surface area contributed by atoms with Crippen LogP contribution in [0.5, 0.6) is 0 Å². The van der Waals surface area contributed by atoms with Gasteiger partial charge in [-0.25, -0.2) is 9.97 Å². The Morgan fingerprint density at radius 3 is 3.05 bits per heavy atom. The summed E-state index contributed by atoms with van der Waals surface area (Å²) in [6.45, 7) is 6.30. The number of fused-ring (bicyclic) bond motifs is 1. The predicted octanol–water partition coefficient (Wildman–Crippen LogP) is 1.80. The molecule has 0 radical (unpaired) electrons. The maximum Gasteiger partial charge on any atom is 0.146 e. The molecule has 2 N–H and O–H groups in total. The number of hydrogen-bond acceptors (Lipinski definition) is 6. The second kappa shape index (κ2) is 5.63. The summed E-state index contributed by atoms with van der Waals surface area (Å²) < 4.78 is 0. The first-order valence-electron chi connectivity index (χ1n) is 7.09. The summed E-state index contributed by atoms with van der Waals surface area (Å²) in [6, 6.07) is 2.62. The van der Waals surface area contributed by atoms with E-state index in [0.29, 0.717) is 11.9 Å². The molecule has 0 aromatic carbocycles. The third-order valence-electron chi connectivity index (χ3n) is 4.10. The largest absolute Gasteiger partial charge is 0.383 e. The highest BCUT2D eigenvalue weighted by atomic mass is 32.1. The van der Waals surface area contributed by atoms with Gasteiger partial charge in [0.05, 0.1) is 11.9 Å². The van der Waals surface area contributed by atoms with E-state index in [1.54, 1.807) is 11.3 Å². The van der Waals surface area contributed by atoms with Gasteiger partial charge in [-0.2, -0.15) is 0 Å². The molecule has 0 saturated carbocycles. The summed E-state index contributed by atoms with van der Waals surface area (Å²) in [5.41, 5.74) is 6.01. The average molecular weight is 291 g/mol. The van der Waals surface area contributed by atoms with Crippen LogP contribution in [0.4, 0.5) is 5.82 Å². The van der Waals surface area contributed by atoms with Gasteiger partial charge in [-0.1, -0.05) is 6.92 Å². The van der Waals surface area contributed by atoms with Crippen molar-refractivity contribution in [1.29, 1.82) is 0 Å². The first-order valence-corrected chi connectivity index (χ1v) is 7.97. The van der Waals surface area contributed by atoms with Gasteiger partial charge in [0.25, 0.3) is 0 Å². The summed E-state index contributed by atoms with van der Waals surface area (Å²) in [5.74, 6) is 1.45. The summed E-state index contributed by atoms with van der Waals surface area (Å²) >= 11 is 1.63. The van der Waals surface area contributed by atoms with Crippen molar-refractivity contribution in [2.45, 2.75) is 25.9 Å². The summed E-state index contributed by atoms with van der Waals surface area (Å²) in [7, 11) is 2.21. The Labute approximate surface area is 123 Å². The molecule has 0 bridgehead atoms. The fourth-order valence-electron chi connectivity index (χ4n) is 2.79. The lowest BCUT2D eigenvalue weighted by Crippen LogP contribution is -2.50. The van der Waals surface area contributed by atoms with E-state index in [1.165, 1.54) is 6.42 Å². The molecular formula is C14H21N5S. The number of hydrogen-bond donors (Lipinski definition) is 1. The topological polar surface area (TPSA) is 58.3 Å². The first-order chi connectivity index (χ1) is 9.67. The molecule has 20 heavy (non-hydrogen) atoms. The van der Waals surface area contributed by atoms with Gasteiger partial charge in [-0.3, -0.25) is 4.90 Å². The van der Waals surface area contributed by atoms with Crippen molar-refractivity contribution in [2.24, 2.45) is 0 Å². The molecule has 1 unspecified atom stereocenters. The monoisotopic (exact) mass is 291 g/mol. The Balaban J connectivity index is 1.76. The zero-order valence-corrected chi connectivity index (χ0v) is 12.9. The number of aromatic nitrogens is 2. The molecule has 6 heteroatoms.